The molecular formula is C7H15NO2S. The van der Waals surface area contributed by atoms with Gasteiger partial charge in [0.15, 0.2) is 0 Å². The van der Waals surface area contributed by atoms with Gasteiger partial charge in [-0.15, -0.1) is 6.58 Å². The zero-order valence-electron chi connectivity index (χ0n) is 6.79. The van der Waals surface area contributed by atoms with Crippen molar-refractivity contribution in [1.82, 2.24) is 0 Å². The SMILES string of the molecule is C=CCC[C@H](CC)S(N)(=O)=O. The van der Waals surface area contributed by atoms with Crippen LogP contribution in [0.2, 0.25) is 0 Å². The van der Waals surface area contributed by atoms with E-state index in [1.54, 1.807) is 6.08 Å². The quantitative estimate of drug-likeness (QED) is 0.637. The Morgan fingerprint density at radius 1 is 1.64 bits per heavy atom. The molecule has 0 radical (unpaired) electrons. The maximum Gasteiger partial charge on any atom is 0.211 e. The maximum atomic E-state index is 10.8. The summed E-state index contributed by atoms with van der Waals surface area (Å²) in [5.74, 6) is 0. The van der Waals surface area contributed by atoms with E-state index in [1.807, 2.05) is 6.92 Å². The van der Waals surface area contributed by atoms with Gasteiger partial charge in [0, 0.05) is 0 Å². The van der Waals surface area contributed by atoms with Crippen LogP contribution in [-0.4, -0.2) is 13.7 Å². The monoisotopic (exact) mass is 177 g/mol. The predicted molar refractivity (Wildman–Crippen MR) is 46.6 cm³/mol. The average Bonchev–Trinajstić information content (AvgIpc) is 1.87. The Bertz CT molecular complexity index is 208. The molecule has 0 heterocycles. The van der Waals surface area contributed by atoms with Gasteiger partial charge in [-0.25, -0.2) is 13.6 Å². The van der Waals surface area contributed by atoms with Gasteiger partial charge in [0.25, 0.3) is 0 Å². The summed E-state index contributed by atoms with van der Waals surface area (Å²) in [6.07, 6.45) is 3.56. The number of nitrogens with two attached hydrogens (primary N) is 1. The van der Waals surface area contributed by atoms with Gasteiger partial charge < -0.3 is 0 Å². The zero-order chi connectivity index (χ0) is 8.91. The van der Waals surface area contributed by atoms with Gasteiger partial charge in [-0.05, 0) is 19.3 Å². The van der Waals surface area contributed by atoms with Crippen molar-refractivity contribution in [2.24, 2.45) is 5.14 Å². The molecule has 0 aliphatic rings. The molecule has 4 heteroatoms. The third-order valence-corrected chi connectivity index (χ3v) is 3.11. The fraction of sp³-hybridized carbons (Fsp3) is 0.714. The summed E-state index contributed by atoms with van der Waals surface area (Å²) in [7, 11) is -3.33. The normalized spacial score (nSPS) is 14.4. The molecule has 3 nitrogen and oxygen atoms in total. The lowest BCUT2D eigenvalue weighted by atomic mass is 10.2. The first-order chi connectivity index (χ1) is 5.02. The van der Waals surface area contributed by atoms with Crippen LogP contribution in [0.15, 0.2) is 12.7 Å². The minimum Gasteiger partial charge on any atom is -0.228 e. The molecule has 0 rings (SSSR count). The van der Waals surface area contributed by atoms with E-state index in [9.17, 15) is 8.42 Å². The minimum atomic E-state index is -3.33. The van der Waals surface area contributed by atoms with Crippen LogP contribution < -0.4 is 5.14 Å². The molecule has 66 valence electrons. The topological polar surface area (TPSA) is 60.2 Å². The van der Waals surface area contributed by atoms with Gasteiger partial charge in [0.1, 0.15) is 0 Å². The second-order valence-electron chi connectivity index (χ2n) is 2.49. The molecule has 0 aromatic carbocycles. The van der Waals surface area contributed by atoms with Crippen molar-refractivity contribution >= 4 is 10.0 Å². The van der Waals surface area contributed by atoms with Crippen LogP contribution in [0, 0.1) is 0 Å². The number of rotatable bonds is 5. The van der Waals surface area contributed by atoms with E-state index in [1.165, 1.54) is 0 Å². The van der Waals surface area contributed by atoms with Crippen molar-refractivity contribution in [3.05, 3.63) is 12.7 Å². The third kappa shape index (κ3) is 4.16. The molecule has 1 atom stereocenters. The Labute approximate surface area is 68.3 Å². The van der Waals surface area contributed by atoms with Crippen molar-refractivity contribution in [3.8, 4) is 0 Å². The van der Waals surface area contributed by atoms with Crippen molar-refractivity contribution in [2.75, 3.05) is 0 Å². The summed E-state index contributed by atoms with van der Waals surface area (Å²) >= 11 is 0. The number of allylic oxidation sites excluding steroid dienone is 1. The summed E-state index contributed by atoms with van der Waals surface area (Å²) in [6.45, 7) is 5.33. The Hall–Kier alpha value is -0.350. The highest BCUT2D eigenvalue weighted by Gasteiger charge is 2.17. The zero-order valence-corrected chi connectivity index (χ0v) is 7.60. The lowest BCUT2D eigenvalue weighted by Gasteiger charge is -2.09. The summed E-state index contributed by atoms with van der Waals surface area (Å²) in [5.41, 5.74) is 0. The molecule has 0 aliphatic heterocycles. The molecule has 0 unspecified atom stereocenters. The van der Waals surface area contributed by atoms with Crippen LogP contribution in [0.5, 0.6) is 0 Å². The summed E-state index contributed by atoms with van der Waals surface area (Å²) in [4.78, 5) is 0. The summed E-state index contributed by atoms with van der Waals surface area (Å²) < 4.78 is 21.6. The fourth-order valence-electron chi connectivity index (χ4n) is 0.904. The van der Waals surface area contributed by atoms with Crippen LogP contribution in [-0.2, 0) is 10.0 Å². The highest BCUT2D eigenvalue weighted by atomic mass is 32.2. The molecule has 0 amide bonds. The van der Waals surface area contributed by atoms with Gasteiger partial charge >= 0.3 is 0 Å². The smallest absolute Gasteiger partial charge is 0.211 e. The lowest BCUT2D eigenvalue weighted by molar-refractivity contribution is 0.569. The summed E-state index contributed by atoms with van der Waals surface area (Å²) in [5, 5.41) is 4.57. The highest BCUT2D eigenvalue weighted by Crippen LogP contribution is 2.09. The first-order valence-electron chi connectivity index (χ1n) is 3.64. The van der Waals surface area contributed by atoms with Crippen molar-refractivity contribution in [2.45, 2.75) is 31.4 Å². The van der Waals surface area contributed by atoms with Gasteiger partial charge in [-0.1, -0.05) is 13.0 Å². The molecule has 2 N–H and O–H groups in total. The molecule has 0 aliphatic carbocycles. The Kier molecular flexibility index (Phi) is 4.37. The van der Waals surface area contributed by atoms with Crippen LogP contribution in [0.3, 0.4) is 0 Å². The lowest BCUT2D eigenvalue weighted by Crippen LogP contribution is -2.27. The standard InChI is InChI=1S/C7H15NO2S/c1-3-5-6-7(4-2)11(8,9)10/h3,7H,1,4-6H2,2H3,(H2,8,9,10)/t7-/m0/s1. The average molecular weight is 177 g/mol. The first kappa shape index (κ1) is 10.7. The molecule has 0 fully saturated rings. The van der Waals surface area contributed by atoms with E-state index in [4.69, 9.17) is 5.14 Å². The van der Waals surface area contributed by atoms with Crippen LogP contribution in [0.25, 0.3) is 0 Å². The van der Waals surface area contributed by atoms with Crippen LogP contribution >= 0.6 is 0 Å². The van der Waals surface area contributed by atoms with E-state index in [0.29, 0.717) is 19.3 Å². The van der Waals surface area contributed by atoms with Gasteiger partial charge in [-0.3, -0.25) is 0 Å². The van der Waals surface area contributed by atoms with E-state index in [2.05, 4.69) is 6.58 Å². The van der Waals surface area contributed by atoms with Crippen LogP contribution in [0.1, 0.15) is 26.2 Å². The van der Waals surface area contributed by atoms with E-state index in [0.717, 1.165) is 0 Å². The Morgan fingerprint density at radius 2 is 2.18 bits per heavy atom. The first-order valence-corrected chi connectivity index (χ1v) is 5.25. The molecule has 0 aromatic heterocycles. The Morgan fingerprint density at radius 3 is 2.45 bits per heavy atom. The molecule has 0 saturated heterocycles. The Balaban J connectivity index is 4.07. The molecule has 0 aromatic rings. The fourth-order valence-corrected chi connectivity index (χ4v) is 1.83. The second-order valence-corrected chi connectivity index (χ2v) is 4.33. The van der Waals surface area contributed by atoms with Crippen molar-refractivity contribution in [3.63, 3.8) is 0 Å². The van der Waals surface area contributed by atoms with Gasteiger partial charge in [-0.2, -0.15) is 0 Å². The number of hydrogen-bond acceptors (Lipinski definition) is 2. The van der Waals surface area contributed by atoms with E-state index < -0.39 is 15.3 Å². The number of hydrogen-bond donors (Lipinski definition) is 1. The van der Waals surface area contributed by atoms with Crippen LogP contribution in [0.4, 0.5) is 0 Å². The number of sulfonamides is 1. The summed E-state index contributed by atoms with van der Waals surface area (Å²) in [6, 6.07) is 0. The molecule has 0 spiro atoms. The van der Waals surface area contributed by atoms with E-state index >= 15 is 0 Å². The van der Waals surface area contributed by atoms with Crippen molar-refractivity contribution < 1.29 is 8.42 Å². The maximum absolute atomic E-state index is 10.8. The molecule has 0 saturated carbocycles. The van der Waals surface area contributed by atoms with Gasteiger partial charge in [0.05, 0.1) is 5.25 Å². The molecular weight excluding hydrogens is 162 g/mol. The van der Waals surface area contributed by atoms with E-state index in [-0.39, 0.29) is 0 Å². The highest BCUT2D eigenvalue weighted by molar-refractivity contribution is 7.89. The van der Waals surface area contributed by atoms with Gasteiger partial charge in [0.2, 0.25) is 10.0 Å². The molecule has 0 bridgehead atoms. The number of primary sulfonamides is 1. The largest absolute Gasteiger partial charge is 0.228 e. The third-order valence-electron chi connectivity index (χ3n) is 1.61. The second kappa shape index (κ2) is 4.51. The predicted octanol–water partition coefficient (Wildman–Crippen LogP) is 1.02. The molecule has 11 heavy (non-hydrogen) atoms. The minimum absolute atomic E-state index is 0.402. The van der Waals surface area contributed by atoms with Crippen molar-refractivity contribution in [1.29, 1.82) is 0 Å².